The highest BCUT2D eigenvalue weighted by Crippen LogP contribution is 2.49. The van der Waals surface area contributed by atoms with Crippen molar-refractivity contribution in [1.82, 2.24) is 15.5 Å². The molecule has 1 heterocycles. The zero-order valence-corrected chi connectivity index (χ0v) is 16.7. The van der Waals surface area contributed by atoms with Gasteiger partial charge in [-0.25, -0.2) is 9.18 Å². The largest absolute Gasteiger partial charge is 0.573 e. The van der Waals surface area contributed by atoms with Crippen molar-refractivity contribution < 1.29 is 45.1 Å². The predicted molar refractivity (Wildman–Crippen MR) is 95.8 cm³/mol. The molecule has 178 valence electrons. The van der Waals surface area contributed by atoms with E-state index in [2.05, 4.69) is 15.4 Å². The number of hydrogen-bond acceptors (Lipinski definition) is 3. The number of ether oxygens (including phenoxy) is 1. The van der Waals surface area contributed by atoms with Gasteiger partial charge in [-0.1, -0.05) is 6.07 Å². The minimum atomic E-state index is -5.13. The van der Waals surface area contributed by atoms with Gasteiger partial charge < -0.3 is 20.3 Å². The molecule has 0 bridgehead atoms. The molecule has 3 rings (SSSR count). The maximum Gasteiger partial charge on any atom is 0.573 e. The number of urea groups is 1. The lowest BCUT2D eigenvalue weighted by Gasteiger charge is -2.42. The van der Waals surface area contributed by atoms with Crippen LogP contribution in [0, 0.1) is 17.7 Å². The maximum absolute atomic E-state index is 14.2. The molecule has 0 spiro atoms. The number of benzene rings is 1. The van der Waals surface area contributed by atoms with Crippen molar-refractivity contribution in [2.45, 2.75) is 44.4 Å². The average Bonchev–Trinajstić information content (AvgIpc) is 2.61. The summed E-state index contributed by atoms with van der Waals surface area (Å²) in [6.45, 7) is 1.79. The first-order chi connectivity index (χ1) is 14.8. The Hall–Kier alpha value is -2.73. The fourth-order valence-corrected chi connectivity index (χ4v) is 3.87. The van der Waals surface area contributed by atoms with Crippen LogP contribution in [0.15, 0.2) is 18.2 Å². The number of halogens is 7. The Morgan fingerprint density at radius 2 is 1.88 bits per heavy atom. The summed E-state index contributed by atoms with van der Waals surface area (Å²) in [7, 11) is 0. The van der Waals surface area contributed by atoms with Crippen LogP contribution in [0.4, 0.5) is 35.5 Å². The number of carbonyl (C=O) groups excluding carboxylic acids is 2. The van der Waals surface area contributed by atoms with E-state index in [9.17, 15) is 40.3 Å². The summed E-state index contributed by atoms with van der Waals surface area (Å²) in [6.07, 6.45) is -10.2. The summed E-state index contributed by atoms with van der Waals surface area (Å²) < 4.78 is 93.8. The van der Waals surface area contributed by atoms with Crippen molar-refractivity contribution in [3.63, 3.8) is 0 Å². The normalized spacial score (nSPS) is 24.9. The molecular weight excluding hydrogens is 451 g/mol. The van der Waals surface area contributed by atoms with Crippen LogP contribution in [0.25, 0.3) is 0 Å². The molecule has 0 radical (unpaired) electrons. The third-order valence-electron chi connectivity index (χ3n) is 5.69. The van der Waals surface area contributed by atoms with Crippen LogP contribution in [-0.2, 0) is 4.79 Å². The van der Waals surface area contributed by atoms with Gasteiger partial charge in [-0.2, -0.15) is 13.2 Å². The van der Waals surface area contributed by atoms with E-state index in [1.54, 1.807) is 0 Å². The monoisotopic (exact) mass is 471 g/mol. The molecular formula is C19H20F7N3O3. The lowest BCUT2D eigenvalue weighted by atomic mass is 9.69. The predicted octanol–water partition coefficient (Wildman–Crippen LogP) is 3.88. The van der Waals surface area contributed by atoms with E-state index in [0.29, 0.717) is 12.1 Å². The number of amides is 3. The number of rotatable bonds is 4. The van der Waals surface area contributed by atoms with Gasteiger partial charge in [0.15, 0.2) is 11.6 Å². The van der Waals surface area contributed by atoms with Gasteiger partial charge in [0, 0.05) is 13.1 Å². The Balaban J connectivity index is 1.82. The highest BCUT2D eigenvalue weighted by atomic mass is 19.4. The smallest absolute Gasteiger partial charge is 0.403 e. The fraction of sp³-hybridized carbons (Fsp3) is 0.579. The number of nitrogens with zero attached hydrogens (tertiary/aromatic N) is 1. The lowest BCUT2D eigenvalue weighted by molar-refractivity contribution is -0.275. The van der Waals surface area contributed by atoms with Crippen LogP contribution in [-0.4, -0.2) is 48.5 Å². The summed E-state index contributed by atoms with van der Waals surface area (Å²) in [4.78, 5) is 25.7. The van der Waals surface area contributed by atoms with E-state index < -0.39 is 60.0 Å². The second kappa shape index (κ2) is 8.66. The molecule has 1 aliphatic carbocycles. The van der Waals surface area contributed by atoms with Gasteiger partial charge in [-0.3, -0.25) is 4.79 Å². The standard InChI is InChI=1S/C19H20F7N3O3/c1-9-16(30)27-4-5-29(9)17(31)28-15(11-6-12(7-11)18(21,22)23)10-2-3-14(13(20)8-10)32-19(24,25)26/h2-3,8-9,11-12,15H,4-7H2,1H3,(H,27,30)(H,28,31)/t9-,11-,12-,15+/m1/s1. The van der Waals surface area contributed by atoms with Crippen molar-refractivity contribution >= 4 is 11.9 Å². The van der Waals surface area contributed by atoms with E-state index in [-0.39, 0.29) is 31.5 Å². The zero-order valence-electron chi connectivity index (χ0n) is 16.7. The van der Waals surface area contributed by atoms with Crippen LogP contribution < -0.4 is 15.4 Å². The summed E-state index contributed by atoms with van der Waals surface area (Å²) in [5.74, 6) is -5.22. The molecule has 2 aliphatic rings. The van der Waals surface area contributed by atoms with Crippen LogP contribution in [0.3, 0.4) is 0 Å². The number of hydrogen-bond donors (Lipinski definition) is 2. The van der Waals surface area contributed by atoms with Gasteiger partial charge >= 0.3 is 18.6 Å². The Morgan fingerprint density at radius 3 is 2.44 bits per heavy atom. The SMILES string of the molecule is C[C@@H]1C(=O)NCCN1C(=O)N[C@@H](c1ccc(OC(F)(F)F)c(F)c1)[C@H]1C[C@H](C(F)(F)F)C1. The van der Waals surface area contributed by atoms with Crippen molar-refractivity contribution in [2.75, 3.05) is 13.1 Å². The zero-order chi connectivity index (χ0) is 23.8. The Bertz CT molecular complexity index is 869. The average molecular weight is 471 g/mol. The summed E-state index contributed by atoms with van der Waals surface area (Å²) >= 11 is 0. The minimum absolute atomic E-state index is 0.00915. The van der Waals surface area contributed by atoms with Crippen molar-refractivity contribution in [1.29, 1.82) is 0 Å². The lowest BCUT2D eigenvalue weighted by Crippen LogP contribution is -2.59. The minimum Gasteiger partial charge on any atom is -0.403 e. The number of carbonyl (C=O) groups is 2. The quantitative estimate of drug-likeness (QED) is 0.655. The first-order valence-electron chi connectivity index (χ1n) is 9.73. The van der Waals surface area contributed by atoms with Gasteiger partial charge in [0.1, 0.15) is 6.04 Å². The van der Waals surface area contributed by atoms with Crippen molar-refractivity contribution in [2.24, 2.45) is 11.8 Å². The Morgan fingerprint density at radius 1 is 1.22 bits per heavy atom. The Labute approximate surface area is 178 Å². The second-order valence-electron chi connectivity index (χ2n) is 7.80. The number of piperazine rings is 1. The number of alkyl halides is 6. The molecule has 1 aromatic carbocycles. The van der Waals surface area contributed by atoms with Gasteiger partial charge in [-0.15, -0.1) is 13.2 Å². The highest BCUT2D eigenvalue weighted by molar-refractivity contribution is 5.88. The van der Waals surface area contributed by atoms with Gasteiger partial charge in [-0.05, 0) is 43.4 Å². The highest BCUT2D eigenvalue weighted by Gasteiger charge is 2.50. The Kier molecular flexibility index (Phi) is 6.47. The fourth-order valence-electron chi connectivity index (χ4n) is 3.87. The molecule has 1 saturated carbocycles. The van der Waals surface area contributed by atoms with Gasteiger partial charge in [0.25, 0.3) is 0 Å². The number of nitrogens with one attached hydrogen (secondary N) is 2. The third-order valence-corrected chi connectivity index (χ3v) is 5.69. The van der Waals surface area contributed by atoms with E-state index in [0.717, 1.165) is 6.07 Å². The van der Waals surface area contributed by atoms with Gasteiger partial charge in [0.05, 0.1) is 12.0 Å². The second-order valence-corrected chi connectivity index (χ2v) is 7.80. The first kappa shape index (κ1) is 23.9. The molecule has 3 amide bonds. The van der Waals surface area contributed by atoms with Crippen LogP contribution in [0.1, 0.15) is 31.4 Å². The van der Waals surface area contributed by atoms with Crippen LogP contribution >= 0.6 is 0 Å². The molecule has 1 aliphatic heterocycles. The third kappa shape index (κ3) is 5.36. The van der Waals surface area contributed by atoms with Gasteiger partial charge in [0.2, 0.25) is 5.91 Å². The molecule has 6 nitrogen and oxygen atoms in total. The van der Waals surface area contributed by atoms with Crippen molar-refractivity contribution in [3.05, 3.63) is 29.6 Å². The summed E-state index contributed by atoms with van der Waals surface area (Å²) in [6, 6.07) is -0.236. The van der Waals surface area contributed by atoms with E-state index >= 15 is 0 Å². The van der Waals surface area contributed by atoms with E-state index in [4.69, 9.17) is 0 Å². The molecule has 2 fully saturated rings. The maximum atomic E-state index is 14.2. The topological polar surface area (TPSA) is 70.7 Å². The molecule has 2 atom stereocenters. The molecule has 13 heteroatoms. The molecule has 1 saturated heterocycles. The first-order valence-corrected chi connectivity index (χ1v) is 9.73. The van der Waals surface area contributed by atoms with E-state index in [1.807, 2.05) is 0 Å². The summed E-state index contributed by atoms with van der Waals surface area (Å²) in [5.41, 5.74) is -0.00915. The van der Waals surface area contributed by atoms with E-state index in [1.165, 1.54) is 11.8 Å². The molecule has 0 aromatic heterocycles. The van der Waals surface area contributed by atoms with Crippen molar-refractivity contribution in [3.8, 4) is 5.75 Å². The van der Waals surface area contributed by atoms with Crippen LogP contribution in [0.2, 0.25) is 0 Å². The summed E-state index contributed by atoms with van der Waals surface area (Å²) in [5, 5.41) is 5.09. The molecule has 1 aromatic rings. The van der Waals surface area contributed by atoms with Crippen LogP contribution in [0.5, 0.6) is 5.75 Å². The molecule has 0 unspecified atom stereocenters. The molecule has 32 heavy (non-hydrogen) atoms. The molecule has 2 N–H and O–H groups in total.